The SMILES string of the molecule is N#Cc1c(N)ccc2sncc12. The average Bonchev–Trinajstić information content (AvgIpc) is 2.52. The Labute approximate surface area is 73.2 Å². The highest BCUT2D eigenvalue weighted by Gasteiger charge is 2.05. The minimum Gasteiger partial charge on any atom is -0.398 e. The summed E-state index contributed by atoms with van der Waals surface area (Å²) < 4.78 is 4.99. The number of benzene rings is 1. The molecule has 0 spiro atoms. The second kappa shape index (κ2) is 2.47. The van der Waals surface area contributed by atoms with Gasteiger partial charge in [0, 0.05) is 11.6 Å². The maximum absolute atomic E-state index is 8.78. The molecule has 0 aliphatic rings. The number of fused-ring (bicyclic) bond motifs is 1. The standard InChI is InChI=1S/C8H5N3S/c9-3-5-6-4-11-12-8(6)2-1-7(5)10/h1-2,4H,10H2. The molecule has 0 atom stereocenters. The summed E-state index contributed by atoms with van der Waals surface area (Å²) in [5.74, 6) is 0. The summed E-state index contributed by atoms with van der Waals surface area (Å²) in [6.45, 7) is 0. The number of rotatable bonds is 0. The van der Waals surface area contributed by atoms with Crippen molar-refractivity contribution in [2.24, 2.45) is 0 Å². The molecule has 0 unspecified atom stereocenters. The van der Waals surface area contributed by atoms with Crippen LogP contribution in [0.5, 0.6) is 0 Å². The topological polar surface area (TPSA) is 62.7 Å². The molecule has 1 heterocycles. The van der Waals surface area contributed by atoms with Crippen molar-refractivity contribution in [3.63, 3.8) is 0 Å². The molecule has 3 nitrogen and oxygen atoms in total. The number of nitrogens with zero attached hydrogens (tertiary/aromatic N) is 2. The summed E-state index contributed by atoms with van der Waals surface area (Å²) in [4.78, 5) is 0. The maximum atomic E-state index is 8.78. The number of hydrogen-bond donors (Lipinski definition) is 1. The Kier molecular flexibility index (Phi) is 1.45. The minimum absolute atomic E-state index is 0.519. The first kappa shape index (κ1) is 7.07. The molecule has 0 saturated heterocycles. The van der Waals surface area contributed by atoms with Gasteiger partial charge in [-0.15, -0.1) is 0 Å². The van der Waals surface area contributed by atoms with Gasteiger partial charge < -0.3 is 5.73 Å². The zero-order chi connectivity index (χ0) is 8.55. The normalized spacial score (nSPS) is 9.92. The zero-order valence-corrected chi connectivity index (χ0v) is 6.93. The Morgan fingerprint density at radius 1 is 1.50 bits per heavy atom. The third-order valence-corrected chi connectivity index (χ3v) is 2.45. The van der Waals surface area contributed by atoms with Gasteiger partial charge in [0.25, 0.3) is 0 Å². The molecule has 2 aromatic rings. The van der Waals surface area contributed by atoms with Crippen molar-refractivity contribution in [1.29, 1.82) is 5.26 Å². The van der Waals surface area contributed by atoms with E-state index in [1.165, 1.54) is 11.5 Å². The van der Waals surface area contributed by atoms with Crippen molar-refractivity contribution < 1.29 is 0 Å². The minimum atomic E-state index is 0.519. The molecule has 1 aromatic carbocycles. The molecular formula is C8H5N3S. The van der Waals surface area contributed by atoms with Crippen LogP contribution in [0.25, 0.3) is 10.1 Å². The molecule has 0 fully saturated rings. The van der Waals surface area contributed by atoms with Crippen molar-refractivity contribution in [3.8, 4) is 6.07 Å². The molecule has 2 rings (SSSR count). The first-order chi connectivity index (χ1) is 5.83. The molecule has 0 saturated carbocycles. The molecule has 0 aliphatic carbocycles. The first-order valence-corrected chi connectivity index (χ1v) is 4.13. The number of anilines is 1. The third kappa shape index (κ3) is 0.840. The van der Waals surface area contributed by atoms with Crippen molar-refractivity contribution in [3.05, 3.63) is 23.9 Å². The lowest BCUT2D eigenvalue weighted by atomic mass is 10.1. The van der Waals surface area contributed by atoms with Crippen LogP contribution in [0, 0.1) is 11.3 Å². The smallest absolute Gasteiger partial charge is 0.102 e. The fourth-order valence-electron chi connectivity index (χ4n) is 1.09. The lowest BCUT2D eigenvalue weighted by Gasteiger charge is -1.95. The van der Waals surface area contributed by atoms with Crippen LogP contribution >= 0.6 is 11.5 Å². The van der Waals surface area contributed by atoms with Gasteiger partial charge in [0.2, 0.25) is 0 Å². The number of nitrogens with two attached hydrogens (primary N) is 1. The second-order valence-corrected chi connectivity index (χ2v) is 3.21. The summed E-state index contributed by atoms with van der Waals surface area (Å²) >= 11 is 1.37. The van der Waals surface area contributed by atoms with E-state index < -0.39 is 0 Å². The van der Waals surface area contributed by atoms with E-state index in [0.29, 0.717) is 11.3 Å². The predicted octanol–water partition coefficient (Wildman–Crippen LogP) is 1.75. The van der Waals surface area contributed by atoms with Crippen LogP contribution in [0.15, 0.2) is 18.3 Å². The van der Waals surface area contributed by atoms with E-state index in [-0.39, 0.29) is 0 Å². The number of aromatic nitrogens is 1. The van der Waals surface area contributed by atoms with Gasteiger partial charge in [-0.3, -0.25) is 0 Å². The van der Waals surface area contributed by atoms with E-state index in [1.807, 2.05) is 6.07 Å². The molecule has 0 radical (unpaired) electrons. The molecule has 58 valence electrons. The molecule has 0 amide bonds. The van der Waals surface area contributed by atoms with Gasteiger partial charge in [0.15, 0.2) is 0 Å². The third-order valence-electron chi connectivity index (χ3n) is 1.68. The van der Waals surface area contributed by atoms with E-state index in [1.54, 1.807) is 12.3 Å². The van der Waals surface area contributed by atoms with Crippen LogP contribution in [0.4, 0.5) is 5.69 Å². The van der Waals surface area contributed by atoms with Crippen molar-refractivity contribution in [1.82, 2.24) is 4.37 Å². The van der Waals surface area contributed by atoms with E-state index in [9.17, 15) is 0 Å². The van der Waals surface area contributed by atoms with Gasteiger partial charge in [-0.05, 0) is 23.7 Å². The van der Waals surface area contributed by atoms with Crippen LogP contribution in [0.1, 0.15) is 5.56 Å². The monoisotopic (exact) mass is 175 g/mol. The Balaban J connectivity index is 2.94. The molecule has 4 heteroatoms. The zero-order valence-electron chi connectivity index (χ0n) is 6.11. The summed E-state index contributed by atoms with van der Waals surface area (Å²) in [6.07, 6.45) is 1.68. The number of nitrogen functional groups attached to an aromatic ring is 1. The van der Waals surface area contributed by atoms with Gasteiger partial charge in [-0.1, -0.05) is 0 Å². The molecule has 0 bridgehead atoms. The highest BCUT2D eigenvalue weighted by molar-refractivity contribution is 7.13. The fourth-order valence-corrected chi connectivity index (χ4v) is 1.74. The predicted molar refractivity (Wildman–Crippen MR) is 48.7 cm³/mol. The molecule has 1 aromatic heterocycles. The molecular weight excluding hydrogens is 170 g/mol. The van der Waals surface area contributed by atoms with E-state index in [2.05, 4.69) is 10.4 Å². The Morgan fingerprint density at radius 2 is 2.33 bits per heavy atom. The van der Waals surface area contributed by atoms with Gasteiger partial charge in [0.05, 0.1) is 16.0 Å². The Morgan fingerprint density at radius 3 is 3.08 bits per heavy atom. The average molecular weight is 175 g/mol. The lowest BCUT2D eigenvalue weighted by Crippen LogP contribution is -1.89. The van der Waals surface area contributed by atoms with Crippen LogP contribution in [-0.2, 0) is 0 Å². The molecule has 12 heavy (non-hydrogen) atoms. The van der Waals surface area contributed by atoms with E-state index in [0.717, 1.165) is 10.1 Å². The quantitative estimate of drug-likeness (QED) is 0.620. The second-order valence-electron chi connectivity index (χ2n) is 2.38. The van der Waals surface area contributed by atoms with Crippen molar-refractivity contribution in [2.45, 2.75) is 0 Å². The lowest BCUT2D eigenvalue weighted by molar-refractivity contribution is 1.50. The maximum Gasteiger partial charge on any atom is 0.102 e. The summed E-state index contributed by atoms with van der Waals surface area (Å²) in [5.41, 5.74) is 6.66. The van der Waals surface area contributed by atoms with Gasteiger partial charge in [-0.2, -0.15) is 9.64 Å². The molecule has 2 N–H and O–H groups in total. The van der Waals surface area contributed by atoms with Crippen LogP contribution < -0.4 is 5.73 Å². The van der Waals surface area contributed by atoms with Crippen LogP contribution in [0.3, 0.4) is 0 Å². The summed E-state index contributed by atoms with van der Waals surface area (Å²) in [7, 11) is 0. The van der Waals surface area contributed by atoms with Gasteiger partial charge in [0.1, 0.15) is 6.07 Å². The fraction of sp³-hybridized carbons (Fsp3) is 0. The highest BCUT2D eigenvalue weighted by atomic mass is 32.1. The van der Waals surface area contributed by atoms with E-state index >= 15 is 0 Å². The highest BCUT2D eigenvalue weighted by Crippen LogP contribution is 2.25. The van der Waals surface area contributed by atoms with Crippen molar-refractivity contribution >= 4 is 27.3 Å². The Bertz CT molecular complexity index is 467. The van der Waals surface area contributed by atoms with Gasteiger partial charge >= 0.3 is 0 Å². The molecule has 0 aliphatic heterocycles. The number of nitriles is 1. The Hall–Kier alpha value is -1.60. The largest absolute Gasteiger partial charge is 0.398 e. The first-order valence-electron chi connectivity index (χ1n) is 3.36. The van der Waals surface area contributed by atoms with Crippen molar-refractivity contribution in [2.75, 3.05) is 5.73 Å². The van der Waals surface area contributed by atoms with Gasteiger partial charge in [-0.25, -0.2) is 0 Å². The van der Waals surface area contributed by atoms with Crippen LogP contribution in [-0.4, -0.2) is 4.37 Å². The van der Waals surface area contributed by atoms with Crippen LogP contribution in [0.2, 0.25) is 0 Å². The number of hydrogen-bond acceptors (Lipinski definition) is 4. The van der Waals surface area contributed by atoms with E-state index in [4.69, 9.17) is 11.0 Å². The summed E-state index contributed by atoms with van der Waals surface area (Å²) in [5, 5.41) is 9.63. The summed E-state index contributed by atoms with van der Waals surface area (Å²) in [6, 6.07) is 5.68.